The largest absolute Gasteiger partial charge is 0.497 e. The molecule has 3 amide bonds. The van der Waals surface area contributed by atoms with Gasteiger partial charge in [-0.2, -0.15) is 0 Å². The van der Waals surface area contributed by atoms with Gasteiger partial charge in [0, 0.05) is 38.3 Å². The van der Waals surface area contributed by atoms with E-state index in [2.05, 4.69) is 20.4 Å². The van der Waals surface area contributed by atoms with Gasteiger partial charge in [-0.15, -0.1) is 0 Å². The van der Waals surface area contributed by atoms with E-state index in [1.807, 2.05) is 45.0 Å². The van der Waals surface area contributed by atoms with E-state index < -0.39 is 6.03 Å². The van der Waals surface area contributed by atoms with Crippen molar-refractivity contribution in [2.24, 2.45) is 0 Å². The zero-order valence-electron chi connectivity index (χ0n) is 17.3. The molecule has 8 heteroatoms. The Morgan fingerprint density at radius 3 is 2.14 bits per heavy atom. The summed E-state index contributed by atoms with van der Waals surface area (Å²) < 4.78 is 10.9. The van der Waals surface area contributed by atoms with Crippen molar-refractivity contribution in [2.75, 3.05) is 53.0 Å². The standard InChI is InChI=1S/C20H32N4O4/c1-20(2,3)22-19(26)21-18(25)15-24-11-9-23(10-12-24)13-14-28-17-7-5-16(27-4)6-8-17/h5-8H,9-15H2,1-4H3,(H2,21,22,25,26). The predicted molar refractivity (Wildman–Crippen MR) is 108 cm³/mol. The molecule has 156 valence electrons. The maximum atomic E-state index is 12.0. The molecule has 0 aliphatic carbocycles. The quantitative estimate of drug-likeness (QED) is 0.728. The Labute approximate surface area is 167 Å². The first-order valence-corrected chi connectivity index (χ1v) is 9.59. The number of piperazine rings is 1. The van der Waals surface area contributed by atoms with Crippen molar-refractivity contribution in [2.45, 2.75) is 26.3 Å². The summed E-state index contributed by atoms with van der Waals surface area (Å²) >= 11 is 0. The second-order valence-electron chi connectivity index (χ2n) is 7.89. The van der Waals surface area contributed by atoms with Gasteiger partial charge in [-0.1, -0.05) is 0 Å². The van der Waals surface area contributed by atoms with Crippen LogP contribution in [0.25, 0.3) is 0 Å². The number of benzene rings is 1. The lowest BCUT2D eigenvalue weighted by Crippen LogP contribution is -2.53. The monoisotopic (exact) mass is 392 g/mol. The highest BCUT2D eigenvalue weighted by molar-refractivity contribution is 5.95. The summed E-state index contributed by atoms with van der Waals surface area (Å²) in [6.07, 6.45) is 0. The molecule has 8 nitrogen and oxygen atoms in total. The van der Waals surface area contributed by atoms with Crippen molar-refractivity contribution in [3.8, 4) is 11.5 Å². The topological polar surface area (TPSA) is 83.1 Å². The summed E-state index contributed by atoms with van der Waals surface area (Å²) in [4.78, 5) is 28.1. The molecule has 1 aromatic carbocycles. The number of carbonyl (C=O) groups is 2. The lowest BCUT2D eigenvalue weighted by Gasteiger charge is -2.34. The summed E-state index contributed by atoms with van der Waals surface area (Å²) in [7, 11) is 1.64. The van der Waals surface area contributed by atoms with E-state index in [-0.39, 0.29) is 18.0 Å². The van der Waals surface area contributed by atoms with E-state index >= 15 is 0 Å². The van der Waals surface area contributed by atoms with Crippen LogP contribution in [0.1, 0.15) is 20.8 Å². The zero-order valence-corrected chi connectivity index (χ0v) is 17.3. The van der Waals surface area contributed by atoms with Crippen LogP contribution in [0.3, 0.4) is 0 Å². The SMILES string of the molecule is COc1ccc(OCCN2CCN(CC(=O)NC(=O)NC(C)(C)C)CC2)cc1. The van der Waals surface area contributed by atoms with Crippen molar-refractivity contribution in [3.05, 3.63) is 24.3 Å². The third-order valence-electron chi connectivity index (χ3n) is 4.31. The lowest BCUT2D eigenvalue weighted by molar-refractivity contribution is -0.121. The van der Waals surface area contributed by atoms with Crippen molar-refractivity contribution in [3.63, 3.8) is 0 Å². The second-order valence-corrected chi connectivity index (χ2v) is 7.89. The predicted octanol–water partition coefficient (Wildman–Crippen LogP) is 1.32. The van der Waals surface area contributed by atoms with E-state index in [9.17, 15) is 9.59 Å². The van der Waals surface area contributed by atoms with Gasteiger partial charge < -0.3 is 14.8 Å². The highest BCUT2D eigenvalue weighted by Gasteiger charge is 2.21. The molecule has 2 rings (SSSR count). The van der Waals surface area contributed by atoms with Crippen LogP contribution in [0.2, 0.25) is 0 Å². The van der Waals surface area contributed by atoms with Gasteiger partial charge in [-0.25, -0.2) is 4.79 Å². The Morgan fingerprint density at radius 2 is 1.57 bits per heavy atom. The number of hydrogen-bond donors (Lipinski definition) is 2. The highest BCUT2D eigenvalue weighted by atomic mass is 16.5. The number of nitrogens with zero attached hydrogens (tertiary/aromatic N) is 2. The Kier molecular flexibility index (Phi) is 8.07. The Hall–Kier alpha value is -2.32. The summed E-state index contributed by atoms with van der Waals surface area (Å²) in [5, 5.41) is 5.10. The van der Waals surface area contributed by atoms with Crippen LogP contribution >= 0.6 is 0 Å². The third kappa shape index (κ3) is 8.14. The fourth-order valence-electron chi connectivity index (χ4n) is 2.88. The maximum Gasteiger partial charge on any atom is 0.321 e. The molecular weight excluding hydrogens is 360 g/mol. The number of amides is 3. The Morgan fingerprint density at radius 1 is 1.00 bits per heavy atom. The minimum Gasteiger partial charge on any atom is -0.497 e. The van der Waals surface area contributed by atoms with Crippen LogP contribution in [-0.2, 0) is 4.79 Å². The van der Waals surface area contributed by atoms with Crippen molar-refractivity contribution >= 4 is 11.9 Å². The minimum absolute atomic E-state index is 0.230. The summed E-state index contributed by atoms with van der Waals surface area (Å²) in [6, 6.07) is 7.09. The number of hydrogen-bond acceptors (Lipinski definition) is 6. The van der Waals surface area contributed by atoms with Gasteiger partial charge in [0.05, 0.1) is 13.7 Å². The van der Waals surface area contributed by atoms with Crippen LogP contribution in [0.15, 0.2) is 24.3 Å². The molecule has 1 heterocycles. The molecule has 0 bridgehead atoms. The second kappa shape index (κ2) is 10.3. The van der Waals surface area contributed by atoms with Gasteiger partial charge in [0.1, 0.15) is 18.1 Å². The molecule has 0 unspecified atom stereocenters. The van der Waals surface area contributed by atoms with E-state index in [0.717, 1.165) is 44.2 Å². The molecule has 0 aromatic heterocycles. The molecule has 1 fully saturated rings. The van der Waals surface area contributed by atoms with Gasteiger partial charge in [0.25, 0.3) is 0 Å². The van der Waals surface area contributed by atoms with Gasteiger partial charge >= 0.3 is 6.03 Å². The van der Waals surface area contributed by atoms with E-state index in [4.69, 9.17) is 9.47 Å². The van der Waals surface area contributed by atoms with Gasteiger partial charge in [-0.3, -0.25) is 19.9 Å². The average Bonchev–Trinajstić information content (AvgIpc) is 2.62. The van der Waals surface area contributed by atoms with Gasteiger partial charge in [0.2, 0.25) is 5.91 Å². The number of ether oxygens (including phenoxy) is 2. The van der Waals surface area contributed by atoms with Crippen LogP contribution < -0.4 is 20.1 Å². The summed E-state index contributed by atoms with van der Waals surface area (Å²) in [5.74, 6) is 1.35. The molecule has 1 aliphatic rings. The fraction of sp³-hybridized carbons (Fsp3) is 0.600. The highest BCUT2D eigenvalue weighted by Crippen LogP contribution is 2.16. The lowest BCUT2D eigenvalue weighted by atomic mass is 10.1. The molecule has 0 radical (unpaired) electrons. The molecule has 0 spiro atoms. The van der Waals surface area contributed by atoms with E-state index in [1.54, 1.807) is 7.11 Å². The zero-order chi connectivity index (χ0) is 20.6. The maximum absolute atomic E-state index is 12.0. The fourth-order valence-corrected chi connectivity index (χ4v) is 2.88. The number of carbonyl (C=O) groups excluding carboxylic acids is 2. The van der Waals surface area contributed by atoms with Crippen LogP contribution in [-0.4, -0.2) is 80.3 Å². The Bertz CT molecular complexity index is 635. The molecule has 2 N–H and O–H groups in total. The van der Waals surface area contributed by atoms with Gasteiger partial charge in [-0.05, 0) is 45.0 Å². The molecule has 1 aliphatic heterocycles. The molecule has 28 heavy (non-hydrogen) atoms. The number of urea groups is 1. The summed E-state index contributed by atoms with van der Waals surface area (Å²) in [5.41, 5.74) is -0.371. The number of methoxy groups -OCH3 is 1. The van der Waals surface area contributed by atoms with E-state index in [1.165, 1.54) is 0 Å². The third-order valence-corrected chi connectivity index (χ3v) is 4.31. The molecule has 0 saturated carbocycles. The van der Waals surface area contributed by atoms with Gasteiger partial charge in [0.15, 0.2) is 0 Å². The summed E-state index contributed by atoms with van der Waals surface area (Å²) in [6.45, 7) is 10.6. The first-order valence-electron chi connectivity index (χ1n) is 9.59. The van der Waals surface area contributed by atoms with Crippen molar-refractivity contribution in [1.29, 1.82) is 0 Å². The molecule has 0 atom stereocenters. The number of imide groups is 1. The normalized spacial score (nSPS) is 15.7. The van der Waals surface area contributed by atoms with Crippen molar-refractivity contribution < 1.29 is 19.1 Å². The first kappa shape index (κ1) is 22.0. The Balaban J connectivity index is 1.61. The smallest absolute Gasteiger partial charge is 0.321 e. The average molecular weight is 393 g/mol. The minimum atomic E-state index is -0.452. The molecule has 1 saturated heterocycles. The van der Waals surface area contributed by atoms with Crippen LogP contribution in [0.4, 0.5) is 4.79 Å². The molecular formula is C20H32N4O4. The van der Waals surface area contributed by atoms with E-state index in [0.29, 0.717) is 6.61 Å². The van der Waals surface area contributed by atoms with Crippen LogP contribution in [0, 0.1) is 0 Å². The number of rotatable bonds is 7. The molecule has 1 aromatic rings. The number of nitrogens with one attached hydrogen (secondary N) is 2. The van der Waals surface area contributed by atoms with Crippen LogP contribution in [0.5, 0.6) is 11.5 Å². The van der Waals surface area contributed by atoms with Crippen molar-refractivity contribution in [1.82, 2.24) is 20.4 Å². The first-order chi connectivity index (χ1) is 13.2.